The fourth-order valence-corrected chi connectivity index (χ4v) is 1.83. The van der Waals surface area contributed by atoms with Crippen molar-refractivity contribution < 1.29 is 0 Å². The Morgan fingerprint density at radius 1 is 1.00 bits per heavy atom. The van der Waals surface area contributed by atoms with Gasteiger partial charge in [-0.3, -0.25) is 0 Å². The van der Waals surface area contributed by atoms with Crippen molar-refractivity contribution in [3.05, 3.63) is 53.6 Å². The van der Waals surface area contributed by atoms with Crippen LogP contribution in [0.4, 0.5) is 5.69 Å². The Balaban J connectivity index is 2.46. The van der Waals surface area contributed by atoms with Gasteiger partial charge in [0.25, 0.3) is 0 Å². The maximum absolute atomic E-state index is 5.82. The molecule has 0 unspecified atom stereocenters. The molecule has 0 aliphatic rings. The average Bonchev–Trinajstić information content (AvgIpc) is 2.33. The van der Waals surface area contributed by atoms with Crippen LogP contribution in [0.1, 0.15) is 18.1 Å². The van der Waals surface area contributed by atoms with Gasteiger partial charge in [0.2, 0.25) is 0 Å². The summed E-state index contributed by atoms with van der Waals surface area (Å²) in [5.41, 5.74) is 11.7. The third-order valence-corrected chi connectivity index (χ3v) is 2.94. The molecule has 16 heavy (non-hydrogen) atoms. The molecule has 0 saturated carbocycles. The van der Waals surface area contributed by atoms with Crippen LogP contribution < -0.4 is 5.73 Å². The first-order valence-corrected chi connectivity index (χ1v) is 5.66. The minimum atomic E-state index is 0.857. The van der Waals surface area contributed by atoms with E-state index in [0.717, 1.165) is 17.7 Å². The van der Waals surface area contributed by atoms with Crippen molar-refractivity contribution in [3.8, 4) is 11.1 Å². The van der Waals surface area contributed by atoms with Crippen LogP contribution in [-0.4, -0.2) is 0 Å². The molecule has 2 rings (SSSR count). The van der Waals surface area contributed by atoms with Gasteiger partial charge >= 0.3 is 0 Å². The zero-order valence-electron chi connectivity index (χ0n) is 9.83. The van der Waals surface area contributed by atoms with Gasteiger partial charge in [0, 0.05) is 5.69 Å². The number of nitrogen functional groups attached to an aromatic ring is 1. The van der Waals surface area contributed by atoms with Crippen LogP contribution in [0.15, 0.2) is 42.5 Å². The van der Waals surface area contributed by atoms with Crippen molar-refractivity contribution in [1.82, 2.24) is 0 Å². The van der Waals surface area contributed by atoms with Crippen LogP contribution in [0.5, 0.6) is 0 Å². The number of anilines is 1. The Bertz CT molecular complexity index is 501. The lowest BCUT2D eigenvalue weighted by Crippen LogP contribution is -1.90. The van der Waals surface area contributed by atoms with Gasteiger partial charge in [0.1, 0.15) is 0 Å². The van der Waals surface area contributed by atoms with E-state index in [4.69, 9.17) is 5.73 Å². The monoisotopic (exact) mass is 211 g/mol. The highest BCUT2D eigenvalue weighted by molar-refractivity contribution is 5.68. The summed E-state index contributed by atoms with van der Waals surface area (Å²) in [4.78, 5) is 0. The van der Waals surface area contributed by atoms with E-state index < -0.39 is 0 Å². The van der Waals surface area contributed by atoms with Gasteiger partial charge in [-0.2, -0.15) is 0 Å². The molecule has 1 heteroatoms. The van der Waals surface area contributed by atoms with Crippen LogP contribution in [-0.2, 0) is 6.42 Å². The van der Waals surface area contributed by atoms with Gasteiger partial charge in [0.05, 0.1) is 0 Å². The summed E-state index contributed by atoms with van der Waals surface area (Å²) in [5.74, 6) is 0. The zero-order valence-corrected chi connectivity index (χ0v) is 9.83. The van der Waals surface area contributed by atoms with Crippen molar-refractivity contribution in [3.63, 3.8) is 0 Å². The molecule has 0 saturated heterocycles. The number of rotatable bonds is 2. The molecule has 0 amide bonds. The second-order valence-electron chi connectivity index (χ2n) is 4.13. The van der Waals surface area contributed by atoms with Crippen molar-refractivity contribution in [2.75, 3.05) is 5.73 Å². The second kappa shape index (κ2) is 4.40. The predicted octanol–water partition coefficient (Wildman–Crippen LogP) is 3.81. The minimum absolute atomic E-state index is 0.857. The van der Waals surface area contributed by atoms with E-state index >= 15 is 0 Å². The van der Waals surface area contributed by atoms with Crippen molar-refractivity contribution in [2.24, 2.45) is 0 Å². The third kappa shape index (κ3) is 2.08. The van der Waals surface area contributed by atoms with E-state index in [0.29, 0.717) is 0 Å². The van der Waals surface area contributed by atoms with Gasteiger partial charge in [-0.05, 0) is 47.7 Å². The summed E-state index contributed by atoms with van der Waals surface area (Å²) < 4.78 is 0. The van der Waals surface area contributed by atoms with E-state index in [2.05, 4.69) is 43.3 Å². The lowest BCUT2D eigenvalue weighted by molar-refractivity contribution is 1.14. The van der Waals surface area contributed by atoms with Gasteiger partial charge in [-0.25, -0.2) is 0 Å². The Morgan fingerprint density at radius 3 is 2.44 bits per heavy atom. The fourth-order valence-electron chi connectivity index (χ4n) is 1.83. The fraction of sp³-hybridized carbons (Fsp3) is 0.200. The number of aryl methyl sites for hydroxylation is 2. The summed E-state index contributed by atoms with van der Waals surface area (Å²) in [6.07, 6.45) is 1.07. The first-order chi connectivity index (χ1) is 7.70. The topological polar surface area (TPSA) is 26.0 Å². The van der Waals surface area contributed by atoms with Crippen molar-refractivity contribution in [1.29, 1.82) is 0 Å². The molecule has 0 aliphatic carbocycles. The normalized spacial score (nSPS) is 10.4. The van der Waals surface area contributed by atoms with Crippen LogP contribution in [0, 0.1) is 6.92 Å². The smallest absolute Gasteiger partial charge is 0.0344 e. The summed E-state index contributed by atoms with van der Waals surface area (Å²) in [5, 5.41) is 0. The molecule has 0 fully saturated rings. The van der Waals surface area contributed by atoms with E-state index in [1.165, 1.54) is 16.7 Å². The molecule has 0 radical (unpaired) electrons. The molecule has 0 atom stereocenters. The summed E-state index contributed by atoms with van der Waals surface area (Å²) in [6, 6.07) is 14.9. The molecule has 1 nitrogen and oxygen atoms in total. The second-order valence-corrected chi connectivity index (χ2v) is 4.13. The number of hydrogen-bond donors (Lipinski definition) is 1. The quantitative estimate of drug-likeness (QED) is 0.751. The van der Waals surface area contributed by atoms with Gasteiger partial charge in [0.15, 0.2) is 0 Å². The molecule has 82 valence electrons. The van der Waals surface area contributed by atoms with Crippen molar-refractivity contribution in [2.45, 2.75) is 20.3 Å². The van der Waals surface area contributed by atoms with Crippen molar-refractivity contribution >= 4 is 5.69 Å². The van der Waals surface area contributed by atoms with Crippen LogP contribution in [0.25, 0.3) is 11.1 Å². The number of nitrogens with two attached hydrogens (primary N) is 1. The Labute approximate surface area is 96.9 Å². The maximum atomic E-state index is 5.82. The summed E-state index contributed by atoms with van der Waals surface area (Å²) >= 11 is 0. The highest BCUT2D eigenvalue weighted by atomic mass is 14.5. The van der Waals surface area contributed by atoms with E-state index in [-0.39, 0.29) is 0 Å². The van der Waals surface area contributed by atoms with E-state index in [1.54, 1.807) is 0 Å². The third-order valence-electron chi connectivity index (χ3n) is 2.94. The molecule has 2 aromatic rings. The Kier molecular flexibility index (Phi) is 2.95. The van der Waals surface area contributed by atoms with E-state index in [9.17, 15) is 0 Å². The average molecular weight is 211 g/mol. The standard InChI is InChI=1S/C15H17N/c1-3-12-5-4-6-13(10-12)14-7-8-15(16)11(2)9-14/h4-10H,3,16H2,1-2H3. The van der Waals surface area contributed by atoms with Gasteiger partial charge in [-0.1, -0.05) is 37.3 Å². The molecule has 0 heterocycles. The molecule has 0 aromatic heterocycles. The first-order valence-electron chi connectivity index (χ1n) is 5.66. The molecular weight excluding hydrogens is 194 g/mol. The largest absolute Gasteiger partial charge is 0.399 e. The van der Waals surface area contributed by atoms with Crippen LogP contribution >= 0.6 is 0 Å². The Morgan fingerprint density at radius 2 is 1.75 bits per heavy atom. The highest BCUT2D eigenvalue weighted by Gasteiger charge is 2.00. The molecule has 0 bridgehead atoms. The SMILES string of the molecule is CCc1cccc(-c2ccc(N)c(C)c2)c1. The summed E-state index contributed by atoms with van der Waals surface area (Å²) in [7, 11) is 0. The summed E-state index contributed by atoms with van der Waals surface area (Å²) in [6.45, 7) is 4.22. The highest BCUT2D eigenvalue weighted by Crippen LogP contribution is 2.24. The lowest BCUT2D eigenvalue weighted by atomic mass is 10.00. The van der Waals surface area contributed by atoms with Gasteiger partial charge in [-0.15, -0.1) is 0 Å². The molecule has 2 aromatic carbocycles. The minimum Gasteiger partial charge on any atom is -0.399 e. The molecule has 0 aliphatic heterocycles. The number of benzene rings is 2. The van der Waals surface area contributed by atoms with E-state index in [1.807, 2.05) is 13.0 Å². The lowest BCUT2D eigenvalue weighted by Gasteiger charge is -2.06. The Hall–Kier alpha value is -1.76. The predicted molar refractivity (Wildman–Crippen MR) is 70.4 cm³/mol. The first kappa shape index (κ1) is 10.7. The van der Waals surface area contributed by atoms with Crippen LogP contribution in [0.3, 0.4) is 0 Å². The van der Waals surface area contributed by atoms with Gasteiger partial charge < -0.3 is 5.73 Å². The molecular formula is C15H17N. The number of hydrogen-bond acceptors (Lipinski definition) is 1. The zero-order chi connectivity index (χ0) is 11.5. The van der Waals surface area contributed by atoms with Crippen LogP contribution in [0.2, 0.25) is 0 Å². The molecule has 0 spiro atoms. The molecule has 2 N–H and O–H groups in total. The maximum Gasteiger partial charge on any atom is 0.0344 e.